The van der Waals surface area contributed by atoms with E-state index in [1.807, 2.05) is 30.3 Å². The van der Waals surface area contributed by atoms with Gasteiger partial charge in [-0.2, -0.15) is 8.42 Å². The first-order valence-electron chi connectivity index (χ1n) is 5.52. The quantitative estimate of drug-likeness (QED) is 0.634. The molecule has 0 amide bonds. The van der Waals surface area contributed by atoms with E-state index in [0.29, 0.717) is 12.2 Å². The summed E-state index contributed by atoms with van der Waals surface area (Å²) in [5.41, 5.74) is 0. The first-order valence-corrected chi connectivity index (χ1v) is 7.09. The zero-order valence-corrected chi connectivity index (χ0v) is 10.4. The van der Waals surface area contributed by atoms with Crippen LogP contribution in [-0.4, -0.2) is 43.7 Å². The van der Waals surface area contributed by atoms with Gasteiger partial charge in [0, 0.05) is 0 Å². The average molecular weight is 274 g/mol. The van der Waals surface area contributed by atoms with Gasteiger partial charge in [-0.05, 0) is 29.3 Å². The molecule has 0 radical (unpaired) electrons. The van der Waals surface area contributed by atoms with Crippen LogP contribution in [0.5, 0.6) is 5.75 Å². The van der Waals surface area contributed by atoms with E-state index in [1.54, 1.807) is 19.1 Å². The Morgan fingerprint density at radius 1 is 1.06 bits per heavy atom. The number of benzene rings is 2. The van der Waals surface area contributed by atoms with Crippen molar-refractivity contribution < 1.29 is 12.6 Å². The second-order valence-electron chi connectivity index (χ2n) is 3.85. The fourth-order valence-corrected chi connectivity index (χ4v) is 2.64. The van der Waals surface area contributed by atoms with Crippen molar-refractivity contribution in [3.63, 3.8) is 0 Å². The number of fused-ring (bicyclic) bond motifs is 1. The maximum atomic E-state index is 11.5. The molecule has 18 heavy (non-hydrogen) atoms. The van der Waals surface area contributed by atoms with Crippen molar-refractivity contribution in [3.8, 4) is 5.75 Å². The van der Waals surface area contributed by atoms with Gasteiger partial charge < -0.3 is 4.18 Å². The summed E-state index contributed by atoms with van der Waals surface area (Å²) in [7, 11) is -3.45. The van der Waals surface area contributed by atoms with Gasteiger partial charge in [0.05, 0.1) is 5.75 Å². The van der Waals surface area contributed by atoms with Crippen LogP contribution in [0.3, 0.4) is 0 Å². The molecule has 0 fully saturated rings. The van der Waals surface area contributed by atoms with E-state index in [1.165, 1.54) is 0 Å². The SMILES string of the molecule is CCCS(=O)(=O)Oc1ccc2ccccc2c1.[NaH]. The standard InChI is InChI=1S/C13H14O3S.Na.H/c1-2-9-17(14,15)16-13-8-7-11-5-3-4-6-12(11)10-13;;/h3-8,10H,2,9H2,1H3;;. The molecule has 92 valence electrons. The van der Waals surface area contributed by atoms with Gasteiger partial charge in [0.1, 0.15) is 5.75 Å². The molecule has 0 saturated heterocycles. The molecule has 0 aliphatic rings. The van der Waals surface area contributed by atoms with Crippen LogP contribution in [0.2, 0.25) is 0 Å². The molecule has 0 unspecified atom stereocenters. The Morgan fingerprint density at radius 2 is 1.72 bits per heavy atom. The Hall–Kier alpha value is -0.550. The van der Waals surface area contributed by atoms with Crippen molar-refractivity contribution in [3.05, 3.63) is 42.5 Å². The van der Waals surface area contributed by atoms with Gasteiger partial charge in [0.2, 0.25) is 0 Å². The van der Waals surface area contributed by atoms with E-state index in [2.05, 4.69) is 0 Å². The number of hydrogen-bond acceptors (Lipinski definition) is 3. The molecule has 0 aliphatic carbocycles. The van der Waals surface area contributed by atoms with Gasteiger partial charge >= 0.3 is 39.7 Å². The predicted molar refractivity (Wildman–Crippen MR) is 75.8 cm³/mol. The summed E-state index contributed by atoms with van der Waals surface area (Å²) < 4.78 is 28.1. The summed E-state index contributed by atoms with van der Waals surface area (Å²) in [4.78, 5) is 0. The van der Waals surface area contributed by atoms with Crippen LogP contribution in [0.25, 0.3) is 10.8 Å². The van der Waals surface area contributed by atoms with E-state index in [0.717, 1.165) is 10.8 Å². The van der Waals surface area contributed by atoms with Crippen molar-refractivity contribution in [2.24, 2.45) is 0 Å². The third kappa shape index (κ3) is 3.99. The molecule has 0 bridgehead atoms. The van der Waals surface area contributed by atoms with E-state index < -0.39 is 10.1 Å². The average Bonchev–Trinajstić information content (AvgIpc) is 2.28. The molecule has 2 rings (SSSR count). The molecule has 5 heteroatoms. The summed E-state index contributed by atoms with van der Waals surface area (Å²) in [6, 6.07) is 13.0. The number of rotatable bonds is 4. The molecular weight excluding hydrogens is 259 g/mol. The normalized spacial score (nSPS) is 10.9. The fraction of sp³-hybridized carbons (Fsp3) is 0.231. The second kappa shape index (κ2) is 6.57. The van der Waals surface area contributed by atoms with Crippen molar-refractivity contribution in [2.45, 2.75) is 13.3 Å². The zero-order valence-electron chi connectivity index (χ0n) is 9.59. The Morgan fingerprint density at radius 3 is 2.39 bits per heavy atom. The van der Waals surface area contributed by atoms with Crippen LogP contribution in [-0.2, 0) is 10.1 Å². The molecule has 0 N–H and O–H groups in total. The number of hydrogen-bond donors (Lipinski definition) is 0. The molecule has 0 spiro atoms. The van der Waals surface area contributed by atoms with Crippen LogP contribution < -0.4 is 4.18 Å². The molecular formula is C13H15NaO3S. The Kier molecular flexibility index (Phi) is 5.66. The van der Waals surface area contributed by atoms with E-state index in [-0.39, 0.29) is 35.3 Å². The van der Waals surface area contributed by atoms with Crippen molar-refractivity contribution in [1.82, 2.24) is 0 Å². The maximum absolute atomic E-state index is 11.5. The predicted octanol–water partition coefficient (Wildman–Crippen LogP) is 2.31. The van der Waals surface area contributed by atoms with Crippen molar-refractivity contribution >= 4 is 50.4 Å². The van der Waals surface area contributed by atoms with Crippen LogP contribution in [0.15, 0.2) is 42.5 Å². The molecule has 0 aliphatic heterocycles. The molecule has 0 saturated carbocycles. The topological polar surface area (TPSA) is 43.4 Å². The van der Waals surface area contributed by atoms with Crippen molar-refractivity contribution in [1.29, 1.82) is 0 Å². The molecule has 0 atom stereocenters. The summed E-state index contributed by atoms with van der Waals surface area (Å²) in [5, 5.41) is 2.03. The van der Waals surface area contributed by atoms with E-state index in [4.69, 9.17) is 4.18 Å². The van der Waals surface area contributed by atoms with Crippen LogP contribution in [0, 0.1) is 0 Å². The minimum absolute atomic E-state index is 0. The molecule has 2 aromatic rings. The van der Waals surface area contributed by atoms with Gasteiger partial charge in [-0.25, -0.2) is 0 Å². The van der Waals surface area contributed by atoms with Gasteiger partial charge in [0.25, 0.3) is 0 Å². The van der Waals surface area contributed by atoms with Gasteiger partial charge in [0.15, 0.2) is 0 Å². The van der Waals surface area contributed by atoms with Gasteiger partial charge in [-0.15, -0.1) is 0 Å². The second-order valence-corrected chi connectivity index (χ2v) is 5.54. The fourth-order valence-electron chi connectivity index (χ4n) is 1.66. The van der Waals surface area contributed by atoms with Crippen LogP contribution in [0.4, 0.5) is 0 Å². The third-order valence-electron chi connectivity index (χ3n) is 2.40. The Balaban J connectivity index is 0.00000162. The molecule has 2 aromatic carbocycles. The van der Waals surface area contributed by atoms with E-state index in [9.17, 15) is 8.42 Å². The van der Waals surface area contributed by atoms with Crippen LogP contribution >= 0.6 is 0 Å². The van der Waals surface area contributed by atoms with E-state index >= 15 is 0 Å². The molecule has 0 heterocycles. The Bertz CT molecular complexity index is 623. The van der Waals surface area contributed by atoms with Gasteiger partial charge in [-0.3, -0.25) is 0 Å². The summed E-state index contributed by atoms with van der Waals surface area (Å²) in [6.45, 7) is 1.81. The van der Waals surface area contributed by atoms with Gasteiger partial charge in [-0.1, -0.05) is 37.3 Å². The first-order chi connectivity index (χ1) is 8.11. The molecule has 0 aromatic heterocycles. The summed E-state index contributed by atoms with van der Waals surface area (Å²) >= 11 is 0. The molecule has 3 nitrogen and oxygen atoms in total. The van der Waals surface area contributed by atoms with Crippen molar-refractivity contribution in [2.75, 3.05) is 5.75 Å². The third-order valence-corrected chi connectivity index (χ3v) is 3.75. The first kappa shape index (κ1) is 15.5. The monoisotopic (exact) mass is 274 g/mol. The summed E-state index contributed by atoms with van der Waals surface area (Å²) in [6.07, 6.45) is 0.552. The Labute approximate surface area is 130 Å². The zero-order chi connectivity index (χ0) is 12.3. The van der Waals surface area contributed by atoms with Crippen LogP contribution in [0.1, 0.15) is 13.3 Å². The minimum atomic E-state index is -3.45. The summed E-state index contributed by atoms with van der Waals surface area (Å²) in [5.74, 6) is 0.414.